The Morgan fingerprint density at radius 3 is 2.86 bits per heavy atom. The first kappa shape index (κ1) is 15.1. The maximum atomic E-state index is 5.99. The maximum absolute atomic E-state index is 5.99. The molecule has 0 fully saturated rings. The standard InChI is InChI=1S/C15H16N4OS2/c1-20-8-14-17-12(9-21-14)10-22-15-18-13(7-19(15)16)11-5-3-2-4-6-11/h2-7,9H,8,10,16H2,1H3. The average molecular weight is 332 g/mol. The summed E-state index contributed by atoms with van der Waals surface area (Å²) in [4.78, 5) is 9.09. The van der Waals surface area contributed by atoms with Crippen LogP contribution >= 0.6 is 23.1 Å². The Balaban J connectivity index is 1.69. The van der Waals surface area contributed by atoms with E-state index in [1.165, 1.54) is 0 Å². The van der Waals surface area contributed by atoms with Gasteiger partial charge in [-0.2, -0.15) is 0 Å². The highest BCUT2D eigenvalue weighted by Crippen LogP contribution is 2.25. The summed E-state index contributed by atoms with van der Waals surface area (Å²) >= 11 is 3.18. The van der Waals surface area contributed by atoms with E-state index in [0.29, 0.717) is 6.61 Å². The topological polar surface area (TPSA) is 66.0 Å². The number of benzene rings is 1. The zero-order valence-electron chi connectivity index (χ0n) is 12.1. The molecular weight excluding hydrogens is 316 g/mol. The van der Waals surface area contributed by atoms with Crippen LogP contribution in [0.2, 0.25) is 0 Å². The predicted octanol–water partition coefficient (Wildman–Crippen LogP) is 3.16. The summed E-state index contributed by atoms with van der Waals surface area (Å²) < 4.78 is 6.64. The van der Waals surface area contributed by atoms with Crippen LogP contribution in [0.25, 0.3) is 11.3 Å². The SMILES string of the molecule is COCc1nc(CSc2nc(-c3ccccc3)cn2N)cs1. The molecular formula is C15H16N4OS2. The minimum Gasteiger partial charge on any atom is -0.378 e. The van der Waals surface area contributed by atoms with E-state index in [4.69, 9.17) is 10.6 Å². The van der Waals surface area contributed by atoms with Gasteiger partial charge in [-0.3, -0.25) is 0 Å². The number of nitrogens with two attached hydrogens (primary N) is 1. The van der Waals surface area contributed by atoms with Crippen molar-refractivity contribution in [3.8, 4) is 11.3 Å². The van der Waals surface area contributed by atoms with Crippen molar-refractivity contribution in [3.05, 3.63) is 52.6 Å². The molecule has 1 aromatic carbocycles. The van der Waals surface area contributed by atoms with Gasteiger partial charge in [0.2, 0.25) is 0 Å². The first-order valence-corrected chi connectivity index (χ1v) is 8.57. The highest BCUT2D eigenvalue weighted by Gasteiger charge is 2.10. The summed E-state index contributed by atoms with van der Waals surface area (Å²) in [7, 11) is 1.67. The van der Waals surface area contributed by atoms with Gasteiger partial charge in [0.15, 0.2) is 5.16 Å². The lowest BCUT2D eigenvalue weighted by atomic mass is 10.2. The van der Waals surface area contributed by atoms with Crippen molar-refractivity contribution < 1.29 is 4.74 Å². The highest BCUT2D eigenvalue weighted by molar-refractivity contribution is 7.98. The van der Waals surface area contributed by atoms with Gasteiger partial charge in [-0.15, -0.1) is 11.3 Å². The van der Waals surface area contributed by atoms with Crippen molar-refractivity contribution in [2.45, 2.75) is 17.5 Å². The first-order valence-electron chi connectivity index (χ1n) is 6.71. The molecule has 0 aliphatic carbocycles. The number of rotatable bonds is 6. The Morgan fingerprint density at radius 2 is 2.09 bits per heavy atom. The number of hydrogen-bond acceptors (Lipinski definition) is 6. The second-order valence-electron chi connectivity index (χ2n) is 4.64. The molecule has 0 bridgehead atoms. The molecule has 0 radical (unpaired) electrons. The van der Waals surface area contributed by atoms with Crippen LogP contribution in [0, 0.1) is 0 Å². The van der Waals surface area contributed by atoms with Crippen LogP contribution in [-0.2, 0) is 17.1 Å². The van der Waals surface area contributed by atoms with Crippen molar-refractivity contribution in [2.75, 3.05) is 13.0 Å². The smallest absolute Gasteiger partial charge is 0.187 e. The van der Waals surface area contributed by atoms with E-state index in [-0.39, 0.29) is 0 Å². The molecule has 0 atom stereocenters. The molecule has 3 aromatic rings. The van der Waals surface area contributed by atoms with Crippen LogP contribution in [0.1, 0.15) is 10.7 Å². The normalized spacial score (nSPS) is 11.0. The van der Waals surface area contributed by atoms with E-state index < -0.39 is 0 Å². The van der Waals surface area contributed by atoms with Gasteiger partial charge in [0, 0.05) is 23.8 Å². The Kier molecular flexibility index (Phi) is 4.77. The fourth-order valence-corrected chi connectivity index (χ4v) is 3.63. The largest absolute Gasteiger partial charge is 0.378 e. The zero-order valence-corrected chi connectivity index (χ0v) is 13.7. The molecule has 22 heavy (non-hydrogen) atoms. The van der Waals surface area contributed by atoms with Crippen molar-refractivity contribution in [1.82, 2.24) is 14.6 Å². The third-order valence-electron chi connectivity index (χ3n) is 2.98. The van der Waals surface area contributed by atoms with Crippen LogP contribution < -0.4 is 5.84 Å². The van der Waals surface area contributed by atoms with Gasteiger partial charge < -0.3 is 10.6 Å². The van der Waals surface area contributed by atoms with Gasteiger partial charge in [-0.25, -0.2) is 14.6 Å². The van der Waals surface area contributed by atoms with Crippen molar-refractivity contribution >= 4 is 23.1 Å². The average Bonchev–Trinajstić information content (AvgIpc) is 3.13. The Hall–Kier alpha value is -1.83. The van der Waals surface area contributed by atoms with Crippen LogP contribution in [0.5, 0.6) is 0 Å². The van der Waals surface area contributed by atoms with Gasteiger partial charge in [0.05, 0.1) is 24.2 Å². The number of imidazole rings is 1. The van der Waals surface area contributed by atoms with Crippen LogP contribution in [0.15, 0.2) is 47.1 Å². The lowest BCUT2D eigenvalue weighted by molar-refractivity contribution is 0.184. The first-order chi connectivity index (χ1) is 10.8. The molecule has 0 saturated heterocycles. The molecule has 5 nitrogen and oxygen atoms in total. The molecule has 0 aliphatic rings. The van der Waals surface area contributed by atoms with Crippen molar-refractivity contribution in [3.63, 3.8) is 0 Å². The molecule has 0 amide bonds. The second-order valence-corrected chi connectivity index (χ2v) is 6.52. The number of ether oxygens (including phenoxy) is 1. The lowest BCUT2D eigenvalue weighted by Crippen LogP contribution is -2.07. The van der Waals surface area contributed by atoms with Crippen LogP contribution in [0.4, 0.5) is 0 Å². The van der Waals surface area contributed by atoms with Gasteiger partial charge in [0.1, 0.15) is 5.01 Å². The van der Waals surface area contributed by atoms with E-state index in [0.717, 1.165) is 32.9 Å². The fourth-order valence-electron chi connectivity index (χ4n) is 1.97. The predicted molar refractivity (Wildman–Crippen MR) is 90.2 cm³/mol. The number of thioether (sulfide) groups is 1. The molecule has 2 heterocycles. The molecule has 2 aromatic heterocycles. The van der Waals surface area contributed by atoms with Crippen LogP contribution in [0.3, 0.4) is 0 Å². The second kappa shape index (κ2) is 6.95. The van der Waals surface area contributed by atoms with Crippen molar-refractivity contribution in [1.29, 1.82) is 0 Å². The summed E-state index contributed by atoms with van der Waals surface area (Å²) in [5, 5.41) is 3.81. The third-order valence-corrected chi connectivity index (χ3v) is 4.86. The quantitative estimate of drug-likeness (QED) is 0.555. The number of nitrogens with zero attached hydrogens (tertiary/aromatic N) is 3. The number of aromatic nitrogens is 3. The zero-order chi connectivity index (χ0) is 15.4. The molecule has 0 saturated carbocycles. The van der Waals surface area contributed by atoms with E-state index >= 15 is 0 Å². The summed E-state index contributed by atoms with van der Waals surface area (Å²) in [6, 6.07) is 10.0. The highest BCUT2D eigenvalue weighted by atomic mass is 32.2. The summed E-state index contributed by atoms with van der Waals surface area (Å²) in [6.45, 7) is 0.555. The molecule has 3 rings (SSSR count). The number of thiazole rings is 1. The molecule has 114 valence electrons. The van der Waals surface area contributed by atoms with Crippen LogP contribution in [-0.4, -0.2) is 21.8 Å². The van der Waals surface area contributed by atoms with Gasteiger partial charge in [-0.1, -0.05) is 42.1 Å². The number of nitrogen functional groups attached to an aromatic ring is 1. The molecule has 0 aliphatic heterocycles. The fraction of sp³-hybridized carbons (Fsp3) is 0.200. The Bertz CT molecular complexity index is 739. The van der Waals surface area contributed by atoms with E-state index in [9.17, 15) is 0 Å². The molecule has 2 N–H and O–H groups in total. The summed E-state index contributed by atoms with van der Waals surface area (Å²) in [6.07, 6.45) is 1.84. The van der Waals surface area contributed by atoms with E-state index in [1.807, 2.05) is 41.9 Å². The number of hydrogen-bond donors (Lipinski definition) is 1. The summed E-state index contributed by atoms with van der Waals surface area (Å²) in [5.74, 6) is 6.73. The minimum absolute atomic E-state index is 0.555. The minimum atomic E-state index is 0.555. The van der Waals surface area contributed by atoms with Gasteiger partial charge >= 0.3 is 0 Å². The monoisotopic (exact) mass is 332 g/mol. The molecule has 0 unspecified atom stereocenters. The number of methoxy groups -OCH3 is 1. The molecule has 7 heteroatoms. The van der Waals surface area contributed by atoms with E-state index in [1.54, 1.807) is 34.9 Å². The van der Waals surface area contributed by atoms with Gasteiger partial charge in [0.25, 0.3) is 0 Å². The molecule has 0 spiro atoms. The summed E-state index contributed by atoms with van der Waals surface area (Å²) in [5.41, 5.74) is 2.96. The Morgan fingerprint density at radius 1 is 1.27 bits per heavy atom. The van der Waals surface area contributed by atoms with Gasteiger partial charge in [-0.05, 0) is 0 Å². The maximum Gasteiger partial charge on any atom is 0.187 e. The Labute approximate surface area is 137 Å². The lowest BCUT2D eigenvalue weighted by Gasteiger charge is -1.98. The third kappa shape index (κ3) is 3.49. The van der Waals surface area contributed by atoms with E-state index in [2.05, 4.69) is 9.97 Å². The van der Waals surface area contributed by atoms with Crippen molar-refractivity contribution in [2.24, 2.45) is 0 Å².